The van der Waals surface area contributed by atoms with Gasteiger partial charge < -0.3 is 5.32 Å². The van der Waals surface area contributed by atoms with Crippen LogP contribution in [0.25, 0.3) is 0 Å². The highest BCUT2D eigenvalue weighted by Crippen LogP contribution is 2.20. The molecular weight excluding hydrogens is 302 g/mol. The second kappa shape index (κ2) is 7.04. The molecule has 0 radical (unpaired) electrons. The molecule has 0 aliphatic heterocycles. The summed E-state index contributed by atoms with van der Waals surface area (Å²) in [6, 6.07) is 15.3. The van der Waals surface area contributed by atoms with Crippen molar-refractivity contribution in [3.8, 4) is 0 Å². The number of carbonyl (C=O) groups excluding carboxylic acids is 1. The number of nitrogens with zero attached hydrogens (tertiary/aromatic N) is 4. The summed E-state index contributed by atoms with van der Waals surface area (Å²) in [4.78, 5) is 12.9. The van der Waals surface area contributed by atoms with Crippen LogP contribution >= 0.6 is 0 Å². The number of aryl methyl sites for hydroxylation is 2. The van der Waals surface area contributed by atoms with Crippen LogP contribution < -0.4 is 5.32 Å². The molecular formula is C18H19N5O. The largest absolute Gasteiger partial charge is 0.324 e. The quantitative estimate of drug-likeness (QED) is 0.784. The molecule has 1 amide bonds. The summed E-state index contributed by atoms with van der Waals surface area (Å²) in [5, 5.41) is 14.2. The van der Waals surface area contributed by atoms with Gasteiger partial charge in [0, 0.05) is 12.1 Å². The molecule has 1 aromatic heterocycles. The van der Waals surface area contributed by atoms with Crippen LogP contribution in [0.15, 0.2) is 54.9 Å². The predicted octanol–water partition coefficient (Wildman–Crippen LogP) is 2.71. The van der Waals surface area contributed by atoms with Crippen molar-refractivity contribution in [2.24, 2.45) is 0 Å². The maximum Gasteiger partial charge on any atom is 0.249 e. The highest BCUT2D eigenvalue weighted by molar-refractivity contribution is 5.94. The Morgan fingerprint density at radius 2 is 1.96 bits per heavy atom. The second-order valence-electron chi connectivity index (χ2n) is 5.80. The Labute approximate surface area is 140 Å². The standard InChI is InChI=1S/C18H19N5O/c1-13-8-9-14(2)16(10-13)20-18(24)17(23-12-19-21-22-23)11-15-6-4-3-5-7-15/h3-10,12,17H,11H2,1-2H3,(H,20,24). The Bertz CT molecular complexity index is 815. The number of carbonyl (C=O) groups is 1. The Morgan fingerprint density at radius 3 is 2.67 bits per heavy atom. The van der Waals surface area contributed by atoms with E-state index >= 15 is 0 Å². The van der Waals surface area contributed by atoms with Crippen molar-refractivity contribution in [1.29, 1.82) is 0 Å². The topological polar surface area (TPSA) is 72.7 Å². The van der Waals surface area contributed by atoms with Crippen molar-refractivity contribution in [2.45, 2.75) is 26.3 Å². The van der Waals surface area contributed by atoms with Crippen LogP contribution in [-0.2, 0) is 11.2 Å². The molecule has 3 aromatic rings. The summed E-state index contributed by atoms with van der Waals surface area (Å²) in [5.41, 5.74) is 3.97. The molecule has 1 unspecified atom stereocenters. The number of anilines is 1. The van der Waals surface area contributed by atoms with Crippen molar-refractivity contribution < 1.29 is 4.79 Å². The van der Waals surface area contributed by atoms with E-state index in [0.717, 1.165) is 22.4 Å². The van der Waals surface area contributed by atoms with E-state index in [1.807, 2.05) is 62.4 Å². The summed E-state index contributed by atoms with van der Waals surface area (Å²) >= 11 is 0. The minimum atomic E-state index is -0.512. The maximum absolute atomic E-state index is 12.9. The number of tetrazole rings is 1. The van der Waals surface area contributed by atoms with Gasteiger partial charge in [-0.15, -0.1) is 5.10 Å². The first-order valence-corrected chi connectivity index (χ1v) is 7.78. The van der Waals surface area contributed by atoms with E-state index < -0.39 is 6.04 Å². The predicted molar refractivity (Wildman–Crippen MR) is 91.5 cm³/mol. The van der Waals surface area contributed by atoms with Crippen LogP contribution in [0.3, 0.4) is 0 Å². The lowest BCUT2D eigenvalue weighted by molar-refractivity contribution is -0.119. The first-order chi connectivity index (χ1) is 11.6. The SMILES string of the molecule is Cc1ccc(C)c(NC(=O)C(Cc2ccccc2)n2cnnn2)c1. The monoisotopic (exact) mass is 321 g/mol. The van der Waals surface area contributed by atoms with Gasteiger partial charge in [0.05, 0.1) is 0 Å². The van der Waals surface area contributed by atoms with Crippen molar-refractivity contribution in [3.63, 3.8) is 0 Å². The van der Waals surface area contributed by atoms with E-state index in [9.17, 15) is 4.79 Å². The van der Waals surface area contributed by atoms with Crippen LogP contribution in [0, 0.1) is 13.8 Å². The van der Waals surface area contributed by atoms with E-state index in [2.05, 4.69) is 20.8 Å². The van der Waals surface area contributed by atoms with Crippen molar-refractivity contribution in [3.05, 3.63) is 71.5 Å². The lowest BCUT2D eigenvalue weighted by Crippen LogP contribution is -2.28. The van der Waals surface area contributed by atoms with Crippen molar-refractivity contribution in [2.75, 3.05) is 5.32 Å². The number of aromatic nitrogens is 4. The Kier molecular flexibility index (Phi) is 4.65. The molecule has 3 rings (SSSR count). The third-order valence-corrected chi connectivity index (χ3v) is 3.91. The number of rotatable bonds is 5. The third kappa shape index (κ3) is 3.65. The van der Waals surface area contributed by atoms with E-state index in [1.54, 1.807) is 0 Å². The van der Waals surface area contributed by atoms with Gasteiger partial charge in [-0.2, -0.15) is 0 Å². The van der Waals surface area contributed by atoms with Crippen LogP contribution in [0.5, 0.6) is 0 Å². The summed E-state index contributed by atoms with van der Waals surface area (Å²) in [5.74, 6) is -0.139. The minimum absolute atomic E-state index is 0.139. The van der Waals surface area contributed by atoms with E-state index in [1.165, 1.54) is 11.0 Å². The number of hydrogen-bond donors (Lipinski definition) is 1. The molecule has 0 saturated carbocycles. The molecule has 0 spiro atoms. The van der Waals surface area contributed by atoms with Gasteiger partial charge in [-0.05, 0) is 47.0 Å². The van der Waals surface area contributed by atoms with Gasteiger partial charge in [0.25, 0.3) is 0 Å². The average Bonchev–Trinajstić information content (AvgIpc) is 3.11. The van der Waals surface area contributed by atoms with E-state index in [4.69, 9.17) is 0 Å². The van der Waals surface area contributed by atoms with Gasteiger partial charge in [0.1, 0.15) is 12.4 Å². The molecule has 1 N–H and O–H groups in total. The average molecular weight is 321 g/mol. The number of amides is 1. The summed E-state index contributed by atoms with van der Waals surface area (Å²) < 4.78 is 1.49. The Hall–Kier alpha value is -3.02. The van der Waals surface area contributed by atoms with Gasteiger partial charge in [0.15, 0.2) is 0 Å². The minimum Gasteiger partial charge on any atom is -0.324 e. The van der Waals surface area contributed by atoms with E-state index in [-0.39, 0.29) is 5.91 Å². The molecule has 122 valence electrons. The zero-order valence-electron chi connectivity index (χ0n) is 13.7. The molecule has 0 bridgehead atoms. The molecule has 0 saturated heterocycles. The number of nitrogens with one attached hydrogen (secondary N) is 1. The zero-order chi connectivity index (χ0) is 16.9. The second-order valence-corrected chi connectivity index (χ2v) is 5.80. The number of benzene rings is 2. The molecule has 0 aliphatic rings. The summed E-state index contributed by atoms with van der Waals surface area (Å²) in [6.45, 7) is 3.97. The highest BCUT2D eigenvalue weighted by Gasteiger charge is 2.23. The van der Waals surface area contributed by atoms with Crippen LogP contribution in [0.4, 0.5) is 5.69 Å². The first kappa shape index (κ1) is 15.9. The lowest BCUT2D eigenvalue weighted by Gasteiger charge is -2.17. The fraction of sp³-hybridized carbons (Fsp3) is 0.222. The van der Waals surface area contributed by atoms with Gasteiger partial charge >= 0.3 is 0 Å². The molecule has 1 heterocycles. The smallest absolute Gasteiger partial charge is 0.249 e. The van der Waals surface area contributed by atoms with Gasteiger partial charge in [0.2, 0.25) is 5.91 Å². The third-order valence-electron chi connectivity index (χ3n) is 3.91. The first-order valence-electron chi connectivity index (χ1n) is 7.78. The Balaban J connectivity index is 1.85. The van der Waals surface area contributed by atoms with Gasteiger partial charge in [-0.3, -0.25) is 4.79 Å². The van der Waals surface area contributed by atoms with Crippen molar-refractivity contribution >= 4 is 11.6 Å². The summed E-state index contributed by atoms with van der Waals surface area (Å²) in [6.07, 6.45) is 1.98. The van der Waals surface area contributed by atoms with Gasteiger partial charge in [-0.1, -0.05) is 42.5 Å². The molecule has 0 aliphatic carbocycles. The molecule has 1 atom stereocenters. The summed E-state index contributed by atoms with van der Waals surface area (Å²) in [7, 11) is 0. The van der Waals surface area contributed by atoms with Crippen molar-refractivity contribution in [1.82, 2.24) is 20.2 Å². The molecule has 2 aromatic carbocycles. The van der Waals surface area contributed by atoms with E-state index in [0.29, 0.717) is 6.42 Å². The zero-order valence-corrected chi connectivity index (χ0v) is 13.7. The fourth-order valence-corrected chi connectivity index (χ4v) is 2.54. The highest BCUT2D eigenvalue weighted by atomic mass is 16.2. The van der Waals surface area contributed by atoms with Crippen LogP contribution in [0.1, 0.15) is 22.7 Å². The van der Waals surface area contributed by atoms with Gasteiger partial charge in [-0.25, -0.2) is 4.68 Å². The molecule has 0 fully saturated rings. The number of hydrogen-bond acceptors (Lipinski definition) is 4. The Morgan fingerprint density at radius 1 is 1.17 bits per heavy atom. The van der Waals surface area contributed by atoms with Crippen LogP contribution in [-0.4, -0.2) is 26.1 Å². The molecule has 6 heteroatoms. The fourth-order valence-electron chi connectivity index (χ4n) is 2.54. The molecule has 6 nitrogen and oxygen atoms in total. The normalized spacial score (nSPS) is 11.9. The van der Waals surface area contributed by atoms with Crippen LogP contribution in [0.2, 0.25) is 0 Å². The maximum atomic E-state index is 12.9. The lowest BCUT2D eigenvalue weighted by atomic mass is 10.0. The molecule has 24 heavy (non-hydrogen) atoms.